The van der Waals surface area contributed by atoms with Gasteiger partial charge in [-0.1, -0.05) is 13.3 Å². The van der Waals surface area contributed by atoms with Crippen LogP contribution >= 0.6 is 0 Å². The summed E-state index contributed by atoms with van der Waals surface area (Å²) in [6, 6.07) is 7.25. The molecule has 0 aliphatic carbocycles. The van der Waals surface area contributed by atoms with Crippen LogP contribution in [0.4, 0.5) is 0 Å². The van der Waals surface area contributed by atoms with Crippen molar-refractivity contribution in [3.8, 4) is 5.75 Å². The van der Waals surface area contributed by atoms with Crippen molar-refractivity contribution in [1.29, 1.82) is 0 Å². The van der Waals surface area contributed by atoms with E-state index in [1.54, 1.807) is 12.1 Å². The molecule has 1 unspecified atom stereocenters. The Hall–Kier alpha value is -1.35. The number of benzene rings is 1. The number of Topliss-reactive ketones (excluding diaryl/α,β-unsaturated/α-hetero) is 1. The molecular formula is C15H22O3. The third kappa shape index (κ3) is 4.15. The highest BCUT2D eigenvalue weighted by Gasteiger charge is 2.19. The van der Waals surface area contributed by atoms with Crippen LogP contribution in [0.15, 0.2) is 24.3 Å². The molecule has 0 aliphatic heterocycles. The second kappa shape index (κ2) is 7.88. The first-order valence-corrected chi connectivity index (χ1v) is 6.61. The molecule has 3 nitrogen and oxygen atoms in total. The molecule has 0 aliphatic rings. The molecule has 0 radical (unpaired) electrons. The van der Waals surface area contributed by atoms with Crippen molar-refractivity contribution in [3.63, 3.8) is 0 Å². The van der Waals surface area contributed by atoms with Crippen molar-refractivity contribution < 1.29 is 14.3 Å². The predicted octanol–water partition coefficient (Wildman–Crippen LogP) is 3.47. The zero-order valence-electron chi connectivity index (χ0n) is 11.4. The molecule has 1 aromatic rings. The minimum atomic E-state index is -0.321. The van der Waals surface area contributed by atoms with Crippen molar-refractivity contribution in [2.45, 2.75) is 39.7 Å². The lowest BCUT2D eigenvalue weighted by molar-refractivity contribution is 0.0423. The highest BCUT2D eigenvalue weighted by molar-refractivity contribution is 5.99. The lowest BCUT2D eigenvalue weighted by Gasteiger charge is -2.15. The fourth-order valence-electron chi connectivity index (χ4n) is 1.82. The number of ether oxygens (including phenoxy) is 2. The van der Waals surface area contributed by atoms with Gasteiger partial charge in [-0.3, -0.25) is 4.79 Å². The molecule has 0 spiro atoms. The summed E-state index contributed by atoms with van der Waals surface area (Å²) in [5.74, 6) is 0.847. The van der Waals surface area contributed by atoms with E-state index in [9.17, 15) is 4.79 Å². The molecule has 1 aromatic carbocycles. The molecular weight excluding hydrogens is 228 g/mol. The Kier molecular flexibility index (Phi) is 6.44. The molecule has 3 heteroatoms. The molecule has 0 heterocycles. The fourth-order valence-corrected chi connectivity index (χ4v) is 1.82. The first-order chi connectivity index (χ1) is 8.72. The molecule has 100 valence electrons. The fraction of sp³-hybridized carbons (Fsp3) is 0.533. The lowest BCUT2D eigenvalue weighted by Crippen LogP contribution is -2.24. The van der Waals surface area contributed by atoms with Gasteiger partial charge in [0.15, 0.2) is 5.78 Å². The number of carbonyl (C=O) groups is 1. The topological polar surface area (TPSA) is 35.5 Å². The van der Waals surface area contributed by atoms with Crippen LogP contribution < -0.4 is 4.74 Å². The Morgan fingerprint density at radius 1 is 1.11 bits per heavy atom. The van der Waals surface area contributed by atoms with Crippen molar-refractivity contribution in [2.75, 3.05) is 13.2 Å². The van der Waals surface area contributed by atoms with Gasteiger partial charge in [-0.05, 0) is 44.5 Å². The maximum absolute atomic E-state index is 12.2. The summed E-state index contributed by atoms with van der Waals surface area (Å²) >= 11 is 0. The van der Waals surface area contributed by atoms with Gasteiger partial charge in [0.2, 0.25) is 0 Å². The van der Waals surface area contributed by atoms with E-state index >= 15 is 0 Å². The summed E-state index contributed by atoms with van der Waals surface area (Å²) in [6.45, 7) is 7.09. The number of hydrogen-bond acceptors (Lipinski definition) is 3. The predicted molar refractivity (Wildman–Crippen MR) is 72.3 cm³/mol. The van der Waals surface area contributed by atoms with E-state index in [0.717, 1.165) is 18.6 Å². The Labute approximate surface area is 109 Å². The summed E-state index contributed by atoms with van der Waals surface area (Å²) in [4.78, 5) is 12.2. The Balaban J connectivity index is 2.74. The summed E-state index contributed by atoms with van der Waals surface area (Å²) in [7, 11) is 0. The molecule has 0 aromatic heterocycles. The van der Waals surface area contributed by atoms with E-state index in [0.29, 0.717) is 18.8 Å². The van der Waals surface area contributed by atoms with Crippen LogP contribution in [0.2, 0.25) is 0 Å². The van der Waals surface area contributed by atoms with E-state index < -0.39 is 0 Å². The van der Waals surface area contributed by atoms with Gasteiger partial charge < -0.3 is 9.47 Å². The number of rotatable bonds is 8. The van der Waals surface area contributed by atoms with E-state index in [4.69, 9.17) is 9.47 Å². The van der Waals surface area contributed by atoms with Gasteiger partial charge in [0.25, 0.3) is 0 Å². The smallest absolute Gasteiger partial charge is 0.191 e. The Morgan fingerprint density at radius 3 is 2.28 bits per heavy atom. The average molecular weight is 250 g/mol. The molecule has 1 rings (SSSR count). The molecule has 18 heavy (non-hydrogen) atoms. The Morgan fingerprint density at radius 2 is 1.78 bits per heavy atom. The molecule has 0 N–H and O–H groups in total. The third-order valence-electron chi connectivity index (χ3n) is 2.66. The van der Waals surface area contributed by atoms with Crippen LogP contribution in [0.25, 0.3) is 0 Å². The molecule has 0 fully saturated rings. The zero-order valence-corrected chi connectivity index (χ0v) is 11.4. The van der Waals surface area contributed by atoms with Crippen molar-refractivity contribution in [2.24, 2.45) is 0 Å². The van der Waals surface area contributed by atoms with E-state index in [-0.39, 0.29) is 11.9 Å². The van der Waals surface area contributed by atoms with E-state index in [2.05, 4.69) is 6.92 Å². The minimum Gasteiger partial charge on any atom is -0.494 e. The van der Waals surface area contributed by atoms with Crippen LogP contribution in [0, 0.1) is 0 Å². The van der Waals surface area contributed by atoms with Crippen LogP contribution in [0.5, 0.6) is 5.75 Å². The lowest BCUT2D eigenvalue weighted by atomic mass is 10.0. The first kappa shape index (κ1) is 14.7. The van der Waals surface area contributed by atoms with Gasteiger partial charge >= 0.3 is 0 Å². The van der Waals surface area contributed by atoms with Crippen LogP contribution in [-0.2, 0) is 4.74 Å². The summed E-state index contributed by atoms with van der Waals surface area (Å²) in [5.41, 5.74) is 0.686. The van der Waals surface area contributed by atoms with Gasteiger partial charge in [0.05, 0.1) is 6.61 Å². The molecule has 0 bridgehead atoms. The largest absolute Gasteiger partial charge is 0.494 e. The molecule has 0 amide bonds. The quantitative estimate of drug-likeness (QED) is 0.663. The second-order valence-corrected chi connectivity index (χ2v) is 4.05. The van der Waals surface area contributed by atoms with Crippen LogP contribution in [0.3, 0.4) is 0 Å². The molecule has 0 saturated heterocycles. The van der Waals surface area contributed by atoms with E-state index in [1.165, 1.54) is 0 Å². The number of carbonyl (C=O) groups excluding carboxylic acids is 1. The van der Waals surface area contributed by atoms with Crippen LogP contribution in [-0.4, -0.2) is 25.1 Å². The molecule has 0 saturated carbocycles. The highest BCUT2D eigenvalue weighted by atomic mass is 16.5. The second-order valence-electron chi connectivity index (χ2n) is 4.05. The highest BCUT2D eigenvalue weighted by Crippen LogP contribution is 2.16. The minimum absolute atomic E-state index is 0.0572. The first-order valence-electron chi connectivity index (χ1n) is 6.61. The number of hydrogen-bond donors (Lipinski definition) is 0. The Bertz CT molecular complexity index is 351. The third-order valence-corrected chi connectivity index (χ3v) is 2.66. The van der Waals surface area contributed by atoms with Gasteiger partial charge in [-0.15, -0.1) is 0 Å². The van der Waals surface area contributed by atoms with Gasteiger partial charge in [0.1, 0.15) is 11.9 Å². The summed E-state index contributed by atoms with van der Waals surface area (Å²) in [5, 5.41) is 0. The summed E-state index contributed by atoms with van der Waals surface area (Å²) < 4.78 is 10.8. The zero-order chi connectivity index (χ0) is 13.4. The standard InChI is InChI=1S/C15H22O3/c1-4-7-14(18-6-3)15(16)12-8-10-13(11-9-12)17-5-2/h8-11,14H,4-7H2,1-3H3. The van der Waals surface area contributed by atoms with Crippen molar-refractivity contribution in [3.05, 3.63) is 29.8 Å². The SMILES string of the molecule is CCCC(OCC)C(=O)c1ccc(OCC)cc1. The van der Waals surface area contributed by atoms with Gasteiger partial charge in [0, 0.05) is 12.2 Å². The monoisotopic (exact) mass is 250 g/mol. The van der Waals surface area contributed by atoms with Gasteiger partial charge in [-0.25, -0.2) is 0 Å². The summed E-state index contributed by atoms with van der Waals surface area (Å²) in [6.07, 6.45) is 1.38. The molecule has 1 atom stereocenters. The number of ketones is 1. The average Bonchev–Trinajstić information content (AvgIpc) is 2.39. The maximum atomic E-state index is 12.2. The van der Waals surface area contributed by atoms with Crippen LogP contribution in [0.1, 0.15) is 44.0 Å². The van der Waals surface area contributed by atoms with Gasteiger partial charge in [-0.2, -0.15) is 0 Å². The van der Waals surface area contributed by atoms with Crippen molar-refractivity contribution >= 4 is 5.78 Å². The maximum Gasteiger partial charge on any atom is 0.191 e. The van der Waals surface area contributed by atoms with E-state index in [1.807, 2.05) is 26.0 Å². The normalized spacial score (nSPS) is 12.2. The van der Waals surface area contributed by atoms with Crippen molar-refractivity contribution in [1.82, 2.24) is 0 Å².